The maximum atomic E-state index is 11.7. The highest BCUT2D eigenvalue weighted by Gasteiger charge is 2.15. The van der Waals surface area contributed by atoms with Gasteiger partial charge in [-0.25, -0.2) is 0 Å². The zero-order valence-electron chi connectivity index (χ0n) is 10.7. The largest absolute Gasteiger partial charge is 0.354 e. The smallest absolute Gasteiger partial charge is 0.222 e. The first-order chi connectivity index (χ1) is 7.74. The van der Waals surface area contributed by atoms with Crippen LogP contribution in [0, 0.1) is 5.92 Å². The zero-order chi connectivity index (χ0) is 11.8. The van der Waals surface area contributed by atoms with Crippen molar-refractivity contribution in [2.24, 2.45) is 5.92 Å². The van der Waals surface area contributed by atoms with Crippen molar-refractivity contribution in [1.82, 2.24) is 10.6 Å². The van der Waals surface area contributed by atoms with E-state index in [9.17, 15) is 4.79 Å². The van der Waals surface area contributed by atoms with Crippen molar-refractivity contribution in [3.8, 4) is 0 Å². The minimum absolute atomic E-state index is 0.163. The average Bonchev–Trinajstić information content (AvgIpc) is 2.54. The van der Waals surface area contributed by atoms with E-state index in [-0.39, 0.29) is 11.8 Å². The van der Waals surface area contributed by atoms with Crippen LogP contribution in [-0.4, -0.2) is 25.0 Å². The minimum atomic E-state index is 0.163. The molecule has 2 unspecified atom stereocenters. The fourth-order valence-corrected chi connectivity index (χ4v) is 2.24. The number of nitrogens with one attached hydrogen (secondary N) is 2. The van der Waals surface area contributed by atoms with Gasteiger partial charge in [-0.1, -0.05) is 33.1 Å². The Morgan fingerprint density at radius 1 is 1.44 bits per heavy atom. The molecule has 0 aliphatic carbocycles. The molecule has 16 heavy (non-hydrogen) atoms. The number of amides is 1. The van der Waals surface area contributed by atoms with E-state index in [0.717, 1.165) is 25.9 Å². The molecule has 0 aromatic heterocycles. The SMILES string of the molecule is CCCC(C)C(=O)NCC1CCCCCN1. The summed E-state index contributed by atoms with van der Waals surface area (Å²) in [5.41, 5.74) is 0. The lowest BCUT2D eigenvalue weighted by Gasteiger charge is -2.18. The van der Waals surface area contributed by atoms with Gasteiger partial charge >= 0.3 is 0 Å². The van der Waals surface area contributed by atoms with Crippen LogP contribution in [-0.2, 0) is 4.79 Å². The number of rotatable bonds is 5. The molecule has 2 N–H and O–H groups in total. The summed E-state index contributed by atoms with van der Waals surface area (Å²) in [6, 6.07) is 0.486. The van der Waals surface area contributed by atoms with E-state index >= 15 is 0 Å². The van der Waals surface area contributed by atoms with Crippen LogP contribution >= 0.6 is 0 Å². The third-order valence-electron chi connectivity index (χ3n) is 3.35. The van der Waals surface area contributed by atoms with Crippen molar-refractivity contribution in [2.45, 2.75) is 58.4 Å². The molecule has 1 aliphatic heterocycles. The van der Waals surface area contributed by atoms with E-state index < -0.39 is 0 Å². The predicted molar refractivity (Wildman–Crippen MR) is 67.3 cm³/mol. The maximum absolute atomic E-state index is 11.7. The summed E-state index contributed by atoms with van der Waals surface area (Å²) < 4.78 is 0. The Bertz CT molecular complexity index is 198. The lowest BCUT2D eigenvalue weighted by atomic mass is 10.1. The molecule has 1 saturated heterocycles. The molecule has 94 valence electrons. The van der Waals surface area contributed by atoms with Crippen LogP contribution < -0.4 is 10.6 Å². The molecule has 1 rings (SSSR count). The van der Waals surface area contributed by atoms with Crippen molar-refractivity contribution in [3.05, 3.63) is 0 Å². The Labute approximate surface area is 99.4 Å². The summed E-state index contributed by atoms with van der Waals surface area (Å²) in [6.07, 6.45) is 7.15. The highest BCUT2D eigenvalue weighted by molar-refractivity contribution is 5.78. The summed E-state index contributed by atoms with van der Waals surface area (Å²) in [7, 11) is 0. The van der Waals surface area contributed by atoms with Gasteiger partial charge in [-0.2, -0.15) is 0 Å². The molecule has 1 heterocycles. The molecule has 1 fully saturated rings. The highest BCUT2D eigenvalue weighted by Crippen LogP contribution is 2.08. The first-order valence-corrected chi connectivity index (χ1v) is 6.75. The van der Waals surface area contributed by atoms with Gasteiger partial charge in [-0.3, -0.25) is 4.79 Å². The Kier molecular flexibility index (Phi) is 6.46. The lowest BCUT2D eigenvalue weighted by molar-refractivity contribution is -0.124. The van der Waals surface area contributed by atoms with Crippen LogP contribution in [0.4, 0.5) is 0 Å². The van der Waals surface area contributed by atoms with Crippen LogP contribution in [0.5, 0.6) is 0 Å². The Balaban J connectivity index is 2.19. The van der Waals surface area contributed by atoms with Crippen LogP contribution in [0.15, 0.2) is 0 Å². The average molecular weight is 226 g/mol. The standard InChI is InChI=1S/C13H26N2O/c1-3-7-11(2)13(16)15-10-12-8-5-4-6-9-14-12/h11-12,14H,3-10H2,1-2H3,(H,15,16). The van der Waals surface area contributed by atoms with Crippen molar-refractivity contribution in [3.63, 3.8) is 0 Å². The maximum Gasteiger partial charge on any atom is 0.222 e. The number of carbonyl (C=O) groups is 1. The van der Waals surface area contributed by atoms with E-state index in [1.807, 2.05) is 6.92 Å². The first-order valence-electron chi connectivity index (χ1n) is 6.75. The normalized spacial score (nSPS) is 23.5. The van der Waals surface area contributed by atoms with Gasteiger partial charge in [0.05, 0.1) is 0 Å². The molecular weight excluding hydrogens is 200 g/mol. The van der Waals surface area contributed by atoms with Crippen molar-refractivity contribution < 1.29 is 4.79 Å². The number of hydrogen-bond donors (Lipinski definition) is 2. The molecule has 0 bridgehead atoms. The van der Waals surface area contributed by atoms with Crippen molar-refractivity contribution >= 4 is 5.91 Å². The Morgan fingerprint density at radius 3 is 3.00 bits per heavy atom. The van der Waals surface area contributed by atoms with Crippen LogP contribution in [0.2, 0.25) is 0 Å². The Morgan fingerprint density at radius 2 is 2.25 bits per heavy atom. The Hall–Kier alpha value is -0.570. The molecule has 0 spiro atoms. The fourth-order valence-electron chi connectivity index (χ4n) is 2.24. The highest BCUT2D eigenvalue weighted by atomic mass is 16.1. The van der Waals surface area contributed by atoms with E-state index in [4.69, 9.17) is 0 Å². The van der Waals surface area contributed by atoms with E-state index in [1.54, 1.807) is 0 Å². The van der Waals surface area contributed by atoms with Crippen LogP contribution in [0.1, 0.15) is 52.4 Å². The second-order valence-corrected chi connectivity index (χ2v) is 4.94. The van der Waals surface area contributed by atoms with Gasteiger partial charge in [0.15, 0.2) is 0 Å². The van der Waals surface area contributed by atoms with Gasteiger partial charge in [0, 0.05) is 18.5 Å². The molecular formula is C13H26N2O. The summed E-state index contributed by atoms with van der Waals surface area (Å²) in [6.45, 7) is 6.04. The number of carbonyl (C=O) groups excluding carboxylic acids is 1. The molecule has 0 radical (unpaired) electrons. The van der Waals surface area contributed by atoms with E-state index in [2.05, 4.69) is 17.6 Å². The molecule has 3 nitrogen and oxygen atoms in total. The summed E-state index contributed by atoms with van der Waals surface area (Å²) in [4.78, 5) is 11.7. The van der Waals surface area contributed by atoms with Gasteiger partial charge in [-0.05, 0) is 25.8 Å². The van der Waals surface area contributed by atoms with Gasteiger partial charge in [0.2, 0.25) is 5.91 Å². The quantitative estimate of drug-likeness (QED) is 0.753. The monoisotopic (exact) mass is 226 g/mol. The molecule has 0 aromatic carbocycles. The summed E-state index contributed by atoms with van der Waals surface area (Å²) in [5.74, 6) is 0.378. The number of hydrogen-bond acceptors (Lipinski definition) is 2. The summed E-state index contributed by atoms with van der Waals surface area (Å²) >= 11 is 0. The second-order valence-electron chi connectivity index (χ2n) is 4.94. The third kappa shape index (κ3) is 4.97. The molecule has 3 heteroatoms. The van der Waals surface area contributed by atoms with Gasteiger partial charge in [0.25, 0.3) is 0 Å². The van der Waals surface area contributed by atoms with Gasteiger partial charge in [0.1, 0.15) is 0 Å². The van der Waals surface area contributed by atoms with Crippen LogP contribution in [0.25, 0.3) is 0 Å². The van der Waals surface area contributed by atoms with Gasteiger partial charge < -0.3 is 10.6 Å². The molecule has 0 saturated carbocycles. The predicted octanol–water partition coefficient (Wildman–Crippen LogP) is 2.07. The fraction of sp³-hybridized carbons (Fsp3) is 0.923. The second kappa shape index (κ2) is 7.66. The third-order valence-corrected chi connectivity index (χ3v) is 3.35. The van der Waals surface area contributed by atoms with Crippen molar-refractivity contribution in [2.75, 3.05) is 13.1 Å². The van der Waals surface area contributed by atoms with Crippen LogP contribution in [0.3, 0.4) is 0 Å². The molecule has 1 amide bonds. The zero-order valence-corrected chi connectivity index (χ0v) is 10.7. The minimum Gasteiger partial charge on any atom is -0.354 e. The van der Waals surface area contributed by atoms with E-state index in [1.165, 1.54) is 25.7 Å². The van der Waals surface area contributed by atoms with Crippen molar-refractivity contribution in [1.29, 1.82) is 0 Å². The topological polar surface area (TPSA) is 41.1 Å². The molecule has 0 aromatic rings. The van der Waals surface area contributed by atoms with E-state index in [0.29, 0.717) is 6.04 Å². The first kappa shape index (κ1) is 13.5. The molecule has 2 atom stereocenters. The molecule has 1 aliphatic rings. The van der Waals surface area contributed by atoms with Gasteiger partial charge in [-0.15, -0.1) is 0 Å². The lowest BCUT2D eigenvalue weighted by Crippen LogP contribution is -2.42. The summed E-state index contributed by atoms with van der Waals surface area (Å²) in [5, 5.41) is 6.56.